The average molecular weight is 362 g/mol. The molecule has 1 aliphatic heterocycles. The maximum absolute atomic E-state index is 13.8. The van der Waals surface area contributed by atoms with Crippen molar-refractivity contribution in [2.45, 2.75) is 32.2 Å². The molecular formula is C19H21ClFN3O. The molecule has 1 saturated heterocycles. The Morgan fingerprint density at radius 1 is 1.32 bits per heavy atom. The second kappa shape index (κ2) is 7.31. The first-order valence-corrected chi connectivity index (χ1v) is 8.76. The number of nitrogens with two attached hydrogens (primary N) is 1. The lowest BCUT2D eigenvalue weighted by atomic mass is 10.0. The van der Waals surface area contributed by atoms with Crippen LogP contribution in [0.5, 0.6) is 0 Å². The quantitative estimate of drug-likeness (QED) is 0.779. The van der Waals surface area contributed by atoms with Crippen molar-refractivity contribution in [3.05, 3.63) is 52.8 Å². The zero-order valence-corrected chi connectivity index (χ0v) is 14.8. The zero-order valence-electron chi connectivity index (χ0n) is 14.1. The van der Waals surface area contributed by atoms with Gasteiger partial charge < -0.3 is 16.0 Å². The molecule has 25 heavy (non-hydrogen) atoms. The van der Waals surface area contributed by atoms with Gasteiger partial charge in [0.15, 0.2) is 0 Å². The van der Waals surface area contributed by atoms with E-state index < -0.39 is 11.7 Å². The number of halogens is 2. The molecule has 1 aliphatic rings. The molecule has 0 bridgehead atoms. The van der Waals surface area contributed by atoms with Gasteiger partial charge in [0.1, 0.15) is 5.82 Å². The fourth-order valence-corrected chi connectivity index (χ4v) is 3.43. The molecule has 1 amide bonds. The van der Waals surface area contributed by atoms with Gasteiger partial charge in [-0.3, -0.25) is 4.79 Å². The summed E-state index contributed by atoms with van der Waals surface area (Å²) in [7, 11) is 0. The van der Waals surface area contributed by atoms with Gasteiger partial charge in [0.25, 0.3) is 5.91 Å². The minimum Gasteiger partial charge on any atom is -0.397 e. The summed E-state index contributed by atoms with van der Waals surface area (Å²) < 4.78 is 13.8. The summed E-state index contributed by atoms with van der Waals surface area (Å²) >= 11 is 6.24. The SMILES string of the molecule is CC1CCCCN1c1cc(NC(=O)c2ccccc2F)c(Cl)cc1N. The number of nitrogens with one attached hydrogen (secondary N) is 1. The van der Waals surface area contributed by atoms with Crippen LogP contribution in [0.15, 0.2) is 36.4 Å². The maximum atomic E-state index is 13.8. The Morgan fingerprint density at radius 3 is 2.80 bits per heavy atom. The number of amides is 1. The van der Waals surface area contributed by atoms with Crippen molar-refractivity contribution in [1.29, 1.82) is 0 Å². The van der Waals surface area contributed by atoms with Gasteiger partial charge in [0.2, 0.25) is 0 Å². The Hall–Kier alpha value is -2.27. The van der Waals surface area contributed by atoms with Crippen molar-refractivity contribution in [1.82, 2.24) is 0 Å². The molecule has 1 atom stereocenters. The summed E-state index contributed by atoms with van der Waals surface area (Å²) in [6.45, 7) is 3.07. The first kappa shape index (κ1) is 17.5. The molecule has 0 radical (unpaired) electrons. The van der Waals surface area contributed by atoms with Crippen molar-refractivity contribution < 1.29 is 9.18 Å². The van der Waals surface area contributed by atoms with E-state index >= 15 is 0 Å². The van der Waals surface area contributed by atoms with Crippen LogP contribution in [0.4, 0.5) is 21.5 Å². The molecule has 132 valence electrons. The number of rotatable bonds is 3. The summed E-state index contributed by atoms with van der Waals surface area (Å²) in [5, 5.41) is 3.03. The zero-order chi connectivity index (χ0) is 18.0. The Labute approximate surface area is 151 Å². The first-order valence-electron chi connectivity index (χ1n) is 8.39. The number of carbonyl (C=O) groups is 1. The highest BCUT2D eigenvalue weighted by atomic mass is 35.5. The molecule has 1 unspecified atom stereocenters. The monoisotopic (exact) mass is 361 g/mol. The number of piperidine rings is 1. The van der Waals surface area contributed by atoms with E-state index in [4.69, 9.17) is 17.3 Å². The van der Waals surface area contributed by atoms with Crippen LogP contribution in [-0.2, 0) is 0 Å². The summed E-state index contributed by atoms with van der Waals surface area (Å²) in [4.78, 5) is 14.6. The van der Waals surface area contributed by atoms with E-state index in [-0.39, 0.29) is 5.56 Å². The second-order valence-electron chi connectivity index (χ2n) is 6.36. The van der Waals surface area contributed by atoms with Gasteiger partial charge in [0.05, 0.1) is 27.6 Å². The molecule has 6 heteroatoms. The van der Waals surface area contributed by atoms with Crippen LogP contribution in [-0.4, -0.2) is 18.5 Å². The standard InChI is InChI=1S/C19H21ClFN3O/c1-12-6-4-5-9-24(12)18-11-17(14(20)10-16(18)22)23-19(25)13-7-2-3-8-15(13)21/h2-3,7-8,10-12H,4-6,9,22H2,1H3,(H,23,25). The maximum Gasteiger partial charge on any atom is 0.258 e. The minimum atomic E-state index is -0.573. The molecule has 3 N–H and O–H groups in total. The molecule has 1 fully saturated rings. The van der Waals surface area contributed by atoms with Crippen LogP contribution in [0.1, 0.15) is 36.5 Å². The number of nitrogens with zero attached hydrogens (tertiary/aromatic N) is 1. The molecule has 2 aromatic carbocycles. The molecule has 0 spiro atoms. The highest BCUT2D eigenvalue weighted by Crippen LogP contribution is 2.36. The largest absolute Gasteiger partial charge is 0.397 e. The van der Waals surface area contributed by atoms with Crippen LogP contribution >= 0.6 is 11.6 Å². The van der Waals surface area contributed by atoms with Crippen LogP contribution in [0, 0.1) is 5.82 Å². The Bertz CT molecular complexity index is 796. The number of hydrogen-bond donors (Lipinski definition) is 2. The van der Waals surface area contributed by atoms with Gasteiger partial charge in [-0.15, -0.1) is 0 Å². The Morgan fingerprint density at radius 2 is 2.08 bits per heavy atom. The molecule has 2 aromatic rings. The van der Waals surface area contributed by atoms with Crippen molar-refractivity contribution in [2.24, 2.45) is 0 Å². The lowest BCUT2D eigenvalue weighted by Gasteiger charge is -2.36. The fraction of sp³-hybridized carbons (Fsp3) is 0.316. The lowest BCUT2D eigenvalue weighted by molar-refractivity contribution is 0.102. The highest BCUT2D eigenvalue weighted by Gasteiger charge is 2.22. The molecule has 0 aromatic heterocycles. The fourth-order valence-electron chi connectivity index (χ4n) is 3.21. The van der Waals surface area contributed by atoms with Crippen LogP contribution in [0.2, 0.25) is 5.02 Å². The third-order valence-corrected chi connectivity index (χ3v) is 4.91. The van der Waals surface area contributed by atoms with Gasteiger partial charge in [-0.2, -0.15) is 0 Å². The van der Waals surface area contributed by atoms with E-state index in [0.717, 1.165) is 25.1 Å². The third kappa shape index (κ3) is 3.71. The normalized spacial score (nSPS) is 17.4. The average Bonchev–Trinajstić information content (AvgIpc) is 2.58. The summed E-state index contributed by atoms with van der Waals surface area (Å²) in [6.07, 6.45) is 3.39. The topological polar surface area (TPSA) is 58.4 Å². The molecule has 1 heterocycles. The number of carbonyl (C=O) groups excluding carboxylic acids is 1. The number of benzene rings is 2. The van der Waals surface area contributed by atoms with Crippen LogP contribution in [0.3, 0.4) is 0 Å². The minimum absolute atomic E-state index is 0.0247. The number of anilines is 3. The van der Waals surface area contributed by atoms with Gasteiger partial charge >= 0.3 is 0 Å². The lowest BCUT2D eigenvalue weighted by Crippen LogP contribution is -2.37. The van der Waals surface area contributed by atoms with E-state index in [2.05, 4.69) is 17.1 Å². The van der Waals surface area contributed by atoms with Crippen LogP contribution < -0.4 is 16.0 Å². The molecule has 4 nitrogen and oxygen atoms in total. The van der Waals surface area contributed by atoms with Crippen molar-refractivity contribution in [3.8, 4) is 0 Å². The van der Waals surface area contributed by atoms with Gasteiger partial charge in [0, 0.05) is 12.6 Å². The van der Waals surface area contributed by atoms with E-state index in [1.54, 1.807) is 18.2 Å². The Balaban J connectivity index is 1.90. The number of hydrogen-bond acceptors (Lipinski definition) is 3. The summed E-state index contributed by atoms with van der Waals surface area (Å²) in [6, 6.07) is 9.62. The molecule has 0 aliphatic carbocycles. The van der Waals surface area contributed by atoms with Gasteiger partial charge in [-0.25, -0.2) is 4.39 Å². The predicted molar refractivity (Wildman–Crippen MR) is 101 cm³/mol. The molecule has 3 rings (SSSR count). The number of nitrogen functional groups attached to an aromatic ring is 1. The van der Waals surface area contributed by atoms with Crippen molar-refractivity contribution in [2.75, 3.05) is 22.5 Å². The smallest absolute Gasteiger partial charge is 0.258 e. The Kier molecular flexibility index (Phi) is 5.13. The van der Waals surface area contributed by atoms with Gasteiger partial charge in [-0.05, 0) is 50.5 Å². The van der Waals surface area contributed by atoms with Gasteiger partial charge in [-0.1, -0.05) is 23.7 Å². The van der Waals surface area contributed by atoms with E-state index in [0.29, 0.717) is 22.4 Å². The first-order chi connectivity index (χ1) is 12.0. The highest BCUT2D eigenvalue weighted by molar-refractivity contribution is 6.34. The molecule has 0 saturated carbocycles. The van der Waals surface area contributed by atoms with E-state index in [1.807, 2.05) is 0 Å². The van der Waals surface area contributed by atoms with Crippen molar-refractivity contribution >= 4 is 34.6 Å². The van der Waals surface area contributed by atoms with E-state index in [1.165, 1.54) is 24.6 Å². The molecular weight excluding hydrogens is 341 g/mol. The van der Waals surface area contributed by atoms with E-state index in [9.17, 15) is 9.18 Å². The third-order valence-electron chi connectivity index (χ3n) is 4.60. The second-order valence-corrected chi connectivity index (χ2v) is 6.77. The summed E-state index contributed by atoms with van der Waals surface area (Å²) in [5.41, 5.74) is 7.97. The summed E-state index contributed by atoms with van der Waals surface area (Å²) in [5.74, 6) is -1.11. The van der Waals surface area contributed by atoms with Crippen LogP contribution in [0.25, 0.3) is 0 Å². The predicted octanol–water partition coefficient (Wildman–Crippen LogP) is 4.69. The van der Waals surface area contributed by atoms with Crippen molar-refractivity contribution in [3.63, 3.8) is 0 Å².